The molecule has 2 rings (SSSR count). The van der Waals surface area contributed by atoms with Crippen LogP contribution in [0, 0.1) is 0 Å². The number of carbonyl (C=O) groups excluding carboxylic acids is 1. The number of hydrogen-bond acceptors (Lipinski definition) is 3. The summed E-state index contributed by atoms with van der Waals surface area (Å²) in [5.41, 5.74) is 0. The molecule has 0 aliphatic carbocycles. The van der Waals surface area contributed by atoms with Crippen molar-refractivity contribution in [3.63, 3.8) is 0 Å². The van der Waals surface area contributed by atoms with Gasteiger partial charge >= 0.3 is 5.97 Å². The fourth-order valence-electron chi connectivity index (χ4n) is 1.12. The molecule has 0 radical (unpaired) electrons. The highest BCUT2D eigenvalue weighted by molar-refractivity contribution is 7.20. The van der Waals surface area contributed by atoms with E-state index in [1.165, 1.54) is 11.3 Å². The van der Waals surface area contributed by atoms with E-state index >= 15 is 0 Å². The number of halogens is 1. The zero-order chi connectivity index (χ0) is 9.26. The minimum Gasteiger partial charge on any atom is -0.342 e. The summed E-state index contributed by atoms with van der Waals surface area (Å²) in [6.07, 6.45) is 0. The van der Waals surface area contributed by atoms with Crippen LogP contribution in [0.4, 0.5) is 0 Å². The van der Waals surface area contributed by atoms with E-state index in [9.17, 15) is 4.79 Å². The molecule has 1 aromatic heterocycles. The average Bonchev–Trinajstić information content (AvgIpc) is 2.59. The van der Waals surface area contributed by atoms with Crippen molar-refractivity contribution < 1.29 is 9.08 Å². The normalized spacial score (nSPS) is 10.2. The summed E-state index contributed by atoms with van der Waals surface area (Å²) in [5, 5.41) is 1.03. The van der Waals surface area contributed by atoms with E-state index in [2.05, 4.69) is 4.29 Å². The van der Waals surface area contributed by atoms with E-state index in [1.54, 1.807) is 6.07 Å². The monoisotopic (exact) mass is 212 g/mol. The van der Waals surface area contributed by atoms with Gasteiger partial charge in [-0.15, -0.1) is 11.3 Å². The molecule has 0 aliphatic heterocycles. The molecule has 2 nitrogen and oxygen atoms in total. The van der Waals surface area contributed by atoms with E-state index in [0.29, 0.717) is 4.88 Å². The van der Waals surface area contributed by atoms with Crippen LogP contribution in [0.25, 0.3) is 10.1 Å². The Morgan fingerprint density at radius 3 is 2.85 bits per heavy atom. The lowest BCUT2D eigenvalue weighted by atomic mass is 10.2. The number of thiophene rings is 1. The van der Waals surface area contributed by atoms with E-state index < -0.39 is 5.97 Å². The van der Waals surface area contributed by atoms with Gasteiger partial charge in [-0.2, -0.15) is 0 Å². The Labute approximate surface area is 83.9 Å². The van der Waals surface area contributed by atoms with Crippen LogP contribution in [0.5, 0.6) is 0 Å². The second kappa shape index (κ2) is 3.36. The number of rotatable bonds is 1. The standard InChI is InChI=1S/C9H5ClO2S/c10-12-9(11)8-5-6-3-1-2-4-7(6)13-8/h1-5H. The lowest BCUT2D eigenvalue weighted by Gasteiger charge is -1.86. The highest BCUT2D eigenvalue weighted by Gasteiger charge is 2.10. The van der Waals surface area contributed by atoms with E-state index in [1.807, 2.05) is 24.3 Å². The first-order chi connectivity index (χ1) is 6.31. The molecule has 13 heavy (non-hydrogen) atoms. The van der Waals surface area contributed by atoms with Gasteiger partial charge in [0.1, 0.15) is 16.7 Å². The molecule has 0 bridgehead atoms. The van der Waals surface area contributed by atoms with Crippen LogP contribution >= 0.6 is 23.2 Å². The first kappa shape index (κ1) is 8.53. The number of carbonyl (C=O) groups is 1. The maximum atomic E-state index is 11.0. The minimum atomic E-state index is -0.497. The summed E-state index contributed by atoms with van der Waals surface area (Å²) in [5.74, 6) is -0.497. The van der Waals surface area contributed by atoms with Crippen LogP contribution in [0.2, 0.25) is 0 Å². The Kier molecular flexibility index (Phi) is 2.20. The van der Waals surface area contributed by atoms with Gasteiger partial charge in [0, 0.05) is 4.70 Å². The van der Waals surface area contributed by atoms with Crippen molar-refractivity contribution in [3.05, 3.63) is 35.2 Å². The minimum absolute atomic E-state index is 0.497. The number of fused-ring (bicyclic) bond motifs is 1. The Balaban J connectivity index is 2.56. The van der Waals surface area contributed by atoms with Crippen LogP contribution in [-0.2, 0) is 4.29 Å². The van der Waals surface area contributed by atoms with Gasteiger partial charge in [0.15, 0.2) is 0 Å². The molecule has 0 fully saturated rings. The van der Waals surface area contributed by atoms with Crippen molar-refractivity contribution in [1.82, 2.24) is 0 Å². The zero-order valence-electron chi connectivity index (χ0n) is 6.49. The van der Waals surface area contributed by atoms with Gasteiger partial charge in [-0.3, -0.25) is 0 Å². The topological polar surface area (TPSA) is 26.3 Å². The second-order valence-corrected chi connectivity index (χ2v) is 3.75. The molecule has 0 saturated carbocycles. The Bertz CT molecular complexity index is 417. The molecule has 2 aromatic rings. The summed E-state index contributed by atoms with van der Waals surface area (Å²) in [7, 11) is 0. The number of benzene rings is 1. The van der Waals surface area contributed by atoms with Gasteiger partial charge in [0.25, 0.3) is 0 Å². The molecule has 0 aliphatic rings. The van der Waals surface area contributed by atoms with Gasteiger partial charge in [-0.25, -0.2) is 4.79 Å². The SMILES string of the molecule is O=C(OCl)c1cc2ccccc2s1. The molecule has 0 N–H and O–H groups in total. The fourth-order valence-corrected chi connectivity index (χ4v) is 2.19. The van der Waals surface area contributed by atoms with Crippen LogP contribution in [0.3, 0.4) is 0 Å². The van der Waals surface area contributed by atoms with Crippen molar-refractivity contribution in [3.8, 4) is 0 Å². The molecule has 0 unspecified atom stereocenters. The van der Waals surface area contributed by atoms with Crippen molar-refractivity contribution in [1.29, 1.82) is 0 Å². The molecule has 0 saturated heterocycles. The highest BCUT2D eigenvalue weighted by atomic mass is 35.5. The zero-order valence-corrected chi connectivity index (χ0v) is 8.06. The average molecular weight is 213 g/mol. The lowest BCUT2D eigenvalue weighted by molar-refractivity contribution is 0.0756. The number of hydrogen-bond donors (Lipinski definition) is 0. The Morgan fingerprint density at radius 1 is 1.38 bits per heavy atom. The summed E-state index contributed by atoms with van der Waals surface area (Å²) in [6, 6.07) is 9.51. The molecule has 0 amide bonds. The van der Waals surface area contributed by atoms with Gasteiger partial charge in [-0.1, -0.05) is 18.2 Å². The first-order valence-corrected chi connectivity index (χ1v) is 4.75. The van der Waals surface area contributed by atoms with Gasteiger partial charge in [0.2, 0.25) is 0 Å². The van der Waals surface area contributed by atoms with Gasteiger partial charge in [0.05, 0.1) is 0 Å². The quantitative estimate of drug-likeness (QED) is 0.726. The summed E-state index contributed by atoms with van der Waals surface area (Å²) in [4.78, 5) is 11.6. The molecular weight excluding hydrogens is 208 g/mol. The molecule has 1 heterocycles. The first-order valence-electron chi connectivity index (χ1n) is 3.63. The van der Waals surface area contributed by atoms with Crippen LogP contribution in [-0.4, -0.2) is 5.97 Å². The third-order valence-corrected chi connectivity index (χ3v) is 2.93. The Hall–Kier alpha value is -1.06. The van der Waals surface area contributed by atoms with Gasteiger partial charge in [-0.05, 0) is 17.5 Å². The second-order valence-electron chi connectivity index (χ2n) is 2.51. The summed E-state index contributed by atoms with van der Waals surface area (Å²) >= 11 is 6.34. The largest absolute Gasteiger partial charge is 0.366 e. The van der Waals surface area contributed by atoms with Crippen LogP contribution in [0.1, 0.15) is 9.67 Å². The third-order valence-electron chi connectivity index (χ3n) is 1.70. The highest BCUT2D eigenvalue weighted by Crippen LogP contribution is 2.25. The fraction of sp³-hybridized carbons (Fsp3) is 0. The predicted molar refractivity (Wildman–Crippen MR) is 53.1 cm³/mol. The lowest BCUT2D eigenvalue weighted by Crippen LogP contribution is -1.92. The maximum Gasteiger partial charge on any atom is 0.366 e. The Morgan fingerprint density at radius 2 is 2.15 bits per heavy atom. The van der Waals surface area contributed by atoms with Crippen molar-refractivity contribution >= 4 is 39.3 Å². The molecular formula is C9H5ClO2S. The van der Waals surface area contributed by atoms with Crippen LogP contribution in [0.15, 0.2) is 30.3 Å². The third kappa shape index (κ3) is 1.53. The molecule has 0 spiro atoms. The molecule has 4 heteroatoms. The van der Waals surface area contributed by atoms with E-state index in [0.717, 1.165) is 10.1 Å². The summed E-state index contributed by atoms with van der Waals surface area (Å²) < 4.78 is 5.16. The van der Waals surface area contributed by atoms with Crippen molar-refractivity contribution in [2.24, 2.45) is 0 Å². The predicted octanol–water partition coefficient (Wildman–Crippen LogP) is 3.21. The summed E-state index contributed by atoms with van der Waals surface area (Å²) in [6.45, 7) is 0. The van der Waals surface area contributed by atoms with Crippen molar-refractivity contribution in [2.45, 2.75) is 0 Å². The molecule has 0 atom stereocenters. The van der Waals surface area contributed by atoms with Gasteiger partial charge < -0.3 is 4.29 Å². The molecule has 1 aromatic carbocycles. The van der Waals surface area contributed by atoms with Crippen LogP contribution < -0.4 is 0 Å². The van der Waals surface area contributed by atoms with E-state index in [4.69, 9.17) is 11.9 Å². The van der Waals surface area contributed by atoms with E-state index in [-0.39, 0.29) is 0 Å². The maximum absolute atomic E-state index is 11.0. The smallest absolute Gasteiger partial charge is 0.342 e. The molecule has 66 valence electrons. The van der Waals surface area contributed by atoms with Crippen molar-refractivity contribution in [2.75, 3.05) is 0 Å².